The van der Waals surface area contributed by atoms with Gasteiger partial charge < -0.3 is 30.2 Å². The van der Waals surface area contributed by atoms with E-state index in [1.807, 2.05) is 10.3 Å². The van der Waals surface area contributed by atoms with Crippen molar-refractivity contribution >= 4 is 38.8 Å². The first-order valence-corrected chi connectivity index (χ1v) is 17.4. The standard InChI is InChI=1S/C34H42N4O5S2/c1-22(2)29-17-25(20-44-29)32(41)38-14-15-43-34(21-38)9-12-37(13-10-34)19-24-5-3-4-23(16-24)8-11-35-18-28(40)26-6-7-27(39)30-31(26)45-33(42)36-30/h3-7,16-17,20,22,28,35,39-40H,8-15,18-19,21H2,1-2H3,(H,36,42). The number of piperidine rings is 1. The number of hydrogen-bond donors (Lipinski definition) is 4. The maximum absolute atomic E-state index is 13.3. The summed E-state index contributed by atoms with van der Waals surface area (Å²) in [5.74, 6) is 0.561. The molecule has 9 nitrogen and oxygen atoms in total. The minimum Gasteiger partial charge on any atom is -0.506 e. The van der Waals surface area contributed by atoms with Crippen molar-refractivity contribution in [2.75, 3.05) is 45.9 Å². The van der Waals surface area contributed by atoms with Crippen molar-refractivity contribution in [2.24, 2.45) is 0 Å². The number of ether oxygens (including phenoxy) is 1. The minimum absolute atomic E-state index is 0.00612. The summed E-state index contributed by atoms with van der Waals surface area (Å²) in [6.07, 6.45) is 1.86. The van der Waals surface area contributed by atoms with E-state index in [9.17, 15) is 19.8 Å². The van der Waals surface area contributed by atoms with E-state index in [0.717, 1.165) is 55.8 Å². The molecule has 2 aromatic heterocycles. The first kappa shape index (κ1) is 31.9. The van der Waals surface area contributed by atoms with Gasteiger partial charge in [0, 0.05) is 48.5 Å². The number of aliphatic hydroxyl groups is 1. The van der Waals surface area contributed by atoms with Gasteiger partial charge in [-0.3, -0.25) is 14.5 Å². The molecule has 2 aliphatic heterocycles. The van der Waals surface area contributed by atoms with Crippen LogP contribution in [0.4, 0.5) is 0 Å². The molecule has 4 heterocycles. The molecule has 4 aromatic rings. The summed E-state index contributed by atoms with van der Waals surface area (Å²) >= 11 is 2.67. The number of amides is 1. The molecule has 45 heavy (non-hydrogen) atoms. The summed E-state index contributed by atoms with van der Waals surface area (Å²) in [4.78, 5) is 33.2. The van der Waals surface area contributed by atoms with Gasteiger partial charge in [0.05, 0.1) is 35.1 Å². The van der Waals surface area contributed by atoms with Crippen molar-refractivity contribution < 1.29 is 19.7 Å². The zero-order valence-electron chi connectivity index (χ0n) is 25.9. The molecule has 0 bridgehead atoms. The van der Waals surface area contributed by atoms with Gasteiger partial charge in [0.25, 0.3) is 5.91 Å². The van der Waals surface area contributed by atoms with Crippen molar-refractivity contribution in [1.29, 1.82) is 0 Å². The summed E-state index contributed by atoms with van der Waals surface area (Å²) in [6.45, 7) is 10.0. The predicted molar refractivity (Wildman–Crippen MR) is 180 cm³/mol. The molecule has 1 amide bonds. The lowest BCUT2D eigenvalue weighted by molar-refractivity contribution is -0.127. The fourth-order valence-corrected chi connectivity index (χ4v) is 8.23. The lowest BCUT2D eigenvalue weighted by Crippen LogP contribution is -2.57. The van der Waals surface area contributed by atoms with Gasteiger partial charge in [0.2, 0.25) is 0 Å². The van der Waals surface area contributed by atoms with Crippen LogP contribution in [0, 0.1) is 0 Å². The smallest absolute Gasteiger partial charge is 0.305 e. The Morgan fingerprint density at radius 2 is 1.93 bits per heavy atom. The van der Waals surface area contributed by atoms with Crippen LogP contribution in [0.2, 0.25) is 0 Å². The van der Waals surface area contributed by atoms with Gasteiger partial charge in [0.15, 0.2) is 0 Å². The van der Waals surface area contributed by atoms with Gasteiger partial charge in [-0.2, -0.15) is 0 Å². The molecular formula is C34H42N4O5S2. The molecule has 0 saturated carbocycles. The fraction of sp³-hybridized carbons (Fsp3) is 0.471. The number of carbonyl (C=O) groups is 1. The zero-order valence-corrected chi connectivity index (χ0v) is 27.5. The summed E-state index contributed by atoms with van der Waals surface area (Å²) in [6, 6.07) is 13.9. The van der Waals surface area contributed by atoms with Crippen LogP contribution >= 0.6 is 22.7 Å². The van der Waals surface area contributed by atoms with Crippen LogP contribution in [-0.4, -0.2) is 82.4 Å². The van der Waals surface area contributed by atoms with Crippen LogP contribution < -0.4 is 10.2 Å². The van der Waals surface area contributed by atoms with Crippen molar-refractivity contribution in [3.63, 3.8) is 0 Å². The number of aromatic amines is 1. The van der Waals surface area contributed by atoms with Gasteiger partial charge in [-0.15, -0.1) is 11.3 Å². The number of likely N-dealkylation sites (tertiary alicyclic amines) is 1. The highest BCUT2D eigenvalue weighted by Crippen LogP contribution is 2.33. The molecule has 1 unspecified atom stereocenters. The minimum atomic E-state index is -0.792. The van der Waals surface area contributed by atoms with E-state index < -0.39 is 6.10 Å². The van der Waals surface area contributed by atoms with E-state index in [4.69, 9.17) is 4.74 Å². The maximum Gasteiger partial charge on any atom is 0.305 e. The molecule has 1 atom stereocenters. The van der Waals surface area contributed by atoms with Crippen molar-refractivity contribution in [2.45, 2.75) is 57.3 Å². The Hall–Kier alpha value is -3.06. The van der Waals surface area contributed by atoms with E-state index in [-0.39, 0.29) is 22.1 Å². The fourth-order valence-electron chi connectivity index (χ4n) is 6.41. The summed E-state index contributed by atoms with van der Waals surface area (Å²) in [5, 5.41) is 26.1. The lowest BCUT2D eigenvalue weighted by atomic mass is 9.89. The Balaban J connectivity index is 0.967. The highest BCUT2D eigenvalue weighted by Gasteiger charge is 2.41. The van der Waals surface area contributed by atoms with E-state index in [2.05, 4.69) is 59.4 Å². The highest BCUT2D eigenvalue weighted by molar-refractivity contribution is 7.16. The van der Waals surface area contributed by atoms with Crippen LogP contribution in [0.1, 0.15) is 70.6 Å². The molecule has 240 valence electrons. The van der Waals surface area contributed by atoms with Crippen LogP contribution in [0.15, 0.2) is 52.6 Å². The van der Waals surface area contributed by atoms with Gasteiger partial charge in [0.1, 0.15) is 11.3 Å². The van der Waals surface area contributed by atoms with Gasteiger partial charge >= 0.3 is 4.87 Å². The molecule has 1 spiro atoms. The third-order valence-electron chi connectivity index (χ3n) is 9.01. The van der Waals surface area contributed by atoms with E-state index in [0.29, 0.717) is 54.5 Å². The number of nitrogens with one attached hydrogen (secondary N) is 2. The third-order valence-corrected chi connectivity index (χ3v) is 11.2. The Bertz CT molecular complexity index is 1690. The van der Waals surface area contributed by atoms with Crippen LogP contribution in [-0.2, 0) is 17.7 Å². The largest absolute Gasteiger partial charge is 0.506 e. The lowest BCUT2D eigenvalue weighted by Gasteiger charge is -2.47. The monoisotopic (exact) mass is 650 g/mol. The quantitative estimate of drug-likeness (QED) is 0.181. The Morgan fingerprint density at radius 3 is 2.71 bits per heavy atom. The third kappa shape index (κ3) is 7.34. The van der Waals surface area contributed by atoms with Crippen LogP contribution in [0.3, 0.4) is 0 Å². The molecule has 0 radical (unpaired) electrons. The predicted octanol–water partition coefficient (Wildman–Crippen LogP) is 4.85. The highest BCUT2D eigenvalue weighted by atomic mass is 32.1. The number of hydrogen-bond acceptors (Lipinski definition) is 9. The second kappa shape index (κ2) is 13.7. The zero-order chi connectivity index (χ0) is 31.6. The molecule has 11 heteroatoms. The number of phenols is 1. The molecule has 0 aliphatic carbocycles. The number of thiazole rings is 1. The van der Waals surface area contributed by atoms with E-state index in [1.165, 1.54) is 22.1 Å². The number of aliphatic hydroxyl groups excluding tert-OH is 1. The van der Waals surface area contributed by atoms with Gasteiger partial charge in [-0.05, 0) is 55.0 Å². The number of nitrogens with zero attached hydrogens (tertiary/aromatic N) is 2. The number of fused-ring (bicyclic) bond motifs is 1. The number of aromatic nitrogens is 1. The first-order valence-electron chi connectivity index (χ1n) is 15.7. The Kier molecular flexibility index (Phi) is 9.74. The molecular weight excluding hydrogens is 609 g/mol. The molecule has 2 aromatic carbocycles. The Labute approximate surface area is 271 Å². The number of H-pyrrole nitrogens is 1. The average molecular weight is 651 g/mol. The second-order valence-electron chi connectivity index (χ2n) is 12.6. The second-order valence-corrected chi connectivity index (χ2v) is 14.5. The number of phenolic OH excluding ortho intramolecular Hbond substituents is 1. The average Bonchev–Trinajstić information content (AvgIpc) is 3.69. The Morgan fingerprint density at radius 1 is 1.13 bits per heavy atom. The summed E-state index contributed by atoms with van der Waals surface area (Å²) in [7, 11) is 0. The maximum atomic E-state index is 13.3. The SMILES string of the molecule is CC(C)c1cc(C(=O)N2CCOC3(CCN(Cc4cccc(CCNCC(O)c5ccc(O)c6[nH]c(=O)sc56)c4)CC3)C2)cs1. The number of aromatic hydroxyl groups is 1. The summed E-state index contributed by atoms with van der Waals surface area (Å²) < 4.78 is 6.93. The summed E-state index contributed by atoms with van der Waals surface area (Å²) in [5.41, 5.74) is 4.06. The van der Waals surface area contributed by atoms with E-state index in [1.54, 1.807) is 17.4 Å². The topological polar surface area (TPSA) is 118 Å². The number of carbonyl (C=O) groups excluding carboxylic acids is 1. The molecule has 6 rings (SSSR count). The van der Waals surface area contributed by atoms with Gasteiger partial charge in [-0.1, -0.05) is 55.5 Å². The van der Waals surface area contributed by atoms with Crippen LogP contribution in [0.5, 0.6) is 5.75 Å². The normalized spacial score (nSPS) is 17.8. The van der Waals surface area contributed by atoms with Crippen molar-refractivity contribution in [1.82, 2.24) is 20.1 Å². The molecule has 2 saturated heterocycles. The van der Waals surface area contributed by atoms with Gasteiger partial charge in [-0.25, -0.2) is 0 Å². The van der Waals surface area contributed by atoms with Crippen molar-refractivity contribution in [3.05, 3.63) is 84.6 Å². The van der Waals surface area contributed by atoms with Crippen LogP contribution in [0.25, 0.3) is 10.2 Å². The van der Waals surface area contributed by atoms with E-state index >= 15 is 0 Å². The molecule has 4 N–H and O–H groups in total. The molecule has 2 aliphatic rings. The number of benzene rings is 2. The number of rotatable bonds is 10. The number of morpholine rings is 1. The first-order chi connectivity index (χ1) is 21.7. The molecule has 2 fully saturated rings. The number of thiophene rings is 1. The van der Waals surface area contributed by atoms with Crippen molar-refractivity contribution in [3.8, 4) is 5.75 Å².